The molecule has 0 atom stereocenters. The van der Waals surface area contributed by atoms with Crippen molar-refractivity contribution in [2.24, 2.45) is 5.92 Å². The van der Waals surface area contributed by atoms with Crippen LogP contribution in [0.2, 0.25) is 0 Å². The highest BCUT2D eigenvalue weighted by molar-refractivity contribution is 7.91. The van der Waals surface area contributed by atoms with E-state index in [1.165, 1.54) is 0 Å². The normalized spacial score (nSPS) is 17.4. The fraction of sp³-hybridized carbons (Fsp3) is 0.600. The minimum atomic E-state index is -3.11. The zero-order valence-corrected chi connectivity index (χ0v) is 13.5. The summed E-state index contributed by atoms with van der Waals surface area (Å²) in [6.45, 7) is 3.88. The van der Waals surface area contributed by atoms with Gasteiger partial charge in [0, 0.05) is 24.7 Å². The number of sulfone groups is 1. The van der Waals surface area contributed by atoms with Gasteiger partial charge in [-0.3, -0.25) is 0 Å². The fourth-order valence-electron chi connectivity index (χ4n) is 2.60. The van der Waals surface area contributed by atoms with Gasteiger partial charge in [0.1, 0.15) is 0 Å². The van der Waals surface area contributed by atoms with Gasteiger partial charge in [0.25, 0.3) is 0 Å². The zero-order valence-electron chi connectivity index (χ0n) is 11.9. The number of anilines is 1. The van der Waals surface area contributed by atoms with Crippen molar-refractivity contribution in [3.63, 3.8) is 0 Å². The molecule has 20 heavy (non-hydrogen) atoms. The summed E-state index contributed by atoms with van der Waals surface area (Å²) >= 11 is 5.89. The molecule has 3 nitrogen and oxygen atoms in total. The Labute approximate surface area is 126 Å². The number of piperidine rings is 1. The number of benzene rings is 1. The van der Waals surface area contributed by atoms with Crippen molar-refractivity contribution in [1.29, 1.82) is 0 Å². The van der Waals surface area contributed by atoms with Gasteiger partial charge in [0.15, 0.2) is 9.84 Å². The van der Waals surface area contributed by atoms with Crippen molar-refractivity contribution in [3.8, 4) is 0 Å². The quantitative estimate of drug-likeness (QED) is 0.782. The molecule has 1 aliphatic heterocycles. The molecule has 2 rings (SSSR count). The molecule has 1 heterocycles. The molecule has 1 aromatic rings. The predicted molar refractivity (Wildman–Crippen MR) is 84.4 cm³/mol. The van der Waals surface area contributed by atoms with Crippen LogP contribution in [0.1, 0.15) is 26.2 Å². The van der Waals surface area contributed by atoms with Crippen LogP contribution >= 0.6 is 11.6 Å². The van der Waals surface area contributed by atoms with E-state index in [0.29, 0.717) is 17.2 Å². The third-order valence-electron chi connectivity index (χ3n) is 3.87. The van der Waals surface area contributed by atoms with Crippen LogP contribution in [0.25, 0.3) is 0 Å². The Balaban J connectivity index is 2.06. The van der Waals surface area contributed by atoms with E-state index in [1.807, 2.05) is 19.1 Å². The van der Waals surface area contributed by atoms with Crippen molar-refractivity contribution in [2.75, 3.05) is 29.6 Å². The van der Waals surface area contributed by atoms with Gasteiger partial charge < -0.3 is 4.90 Å². The fourth-order valence-corrected chi connectivity index (χ4v) is 4.23. The second-order valence-electron chi connectivity index (χ2n) is 5.40. The Morgan fingerprint density at radius 3 is 2.30 bits per heavy atom. The molecule has 1 fully saturated rings. The molecule has 0 unspecified atom stereocenters. The first kappa shape index (κ1) is 15.6. The highest BCUT2D eigenvalue weighted by Crippen LogP contribution is 2.25. The highest BCUT2D eigenvalue weighted by atomic mass is 35.5. The lowest BCUT2D eigenvalue weighted by Crippen LogP contribution is -2.34. The first-order valence-corrected chi connectivity index (χ1v) is 9.39. The van der Waals surface area contributed by atoms with E-state index in [0.717, 1.165) is 37.5 Å². The molecule has 1 aromatic carbocycles. The van der Waals surface area contributed by atoms with Gasteiger partial charge in [-0.05, 0) is 49.4 Å². The Morgan fingerprint density at radius 2 is 1.80 bits per heavy atom. The summed E-state index contributed by atoms with van der Waals surface area (Å²) in [5, 5.41) is 0. The van der Waals surface area contributed by atoms with Crippen LogP contribution in [0.3, 0.4) is 0 Å². The van der Waals surface area contributed by atoms with Crippen molar-refractivity contribution in [2.45, 2.75) is 31.1 Å². The van der Waals surface area contributed by atoms with Crippen LogP contribution in [-0.2, 0) is 9.84 Å². The molecule has 112 valence electrons. The van der Waals surface area contributed by atoms with E-state index in [9.17, 15) is 8.42 Å². The van der Waals surface area contributed by atoms with E-state index >= 15 is 0 Å². The summed E-state index contributed by atoms with van der Waals surface area (Å²) in [4.78, 5) is 2.73. The summed E-state index contributed by atoms with van der Waals surface area (Å²) in [5.41, 5.74) is 1.11. The maximum absolute atomic E-state index is 12.0. The smallest absolute Gasteiger partial charge is 0.178 e. The largest absolute Gasteiger partial charge is 0.372 e. The second-order valence-corrected chi connectivity index (χ2v) is 7.82. The average molecular weight is 316 g/mol. The summed E-state index contributed by atoms with van der Waals surface area (Å²) in [5.74, 6) is 1.58. The standard InChI is InChI=1S/C15H22ClNO2S/c1-2-11-20(18,19)15-5-3-14(4-6-15)17-9-7-13(12-16)8-10-17/h3-6,13H,2,7-12H2,1H3. The van der Waals surface area contributed by atoms with Gasteiger partial charge in [-0.15, -0.1) is 11.6 Å². The third-order valence-corrected chi connectivity index (χ3v) is 6.24. The van der Waals surface area contributed by atoms with Gasteiger partial charge >= 0.3 is 0 Å². The Bertz CT molecular complexity index is 519. The molecule has 1 saturated heterocycles. The van der Waals surface area contributed by atoms with Crippen LogP contribution in [0.15, 0.2) is 29.2 Å². The van der Waals surface area contributed by atoms with Gasteiger partial charge in [0.05, 0.1) is 10.6 Å². The predicted octanol–water partition coefficient (Wildman–Crippen LogP) is 3.33. The highest BCUT2D eigenvalue weighted by Gasteiger charge is 2.19. The van der Waals surface area contributed by atoms with E-state index in [1.54, 1.807) is 12.1 Å². The molecule has 0 N–H and O–H groups in total. The molecule has 0 amide bonds. The van der Waals surface area contributed by atoms with Crippen molar-refractivity contribution < 1.29 is 8.42 Å². The minimum Gasteiger partial charge on any atom is -0.372 e. The van der Waals surface area contributed by atoms with Crippen LogP contribution in [0, 0.1) is 5.92 Å². The topological polar surface area (TPSA) is 37.4 Å². The van der Waals surface area contributed by atoms with E-state index in [2.05, 4.69) is 4.90 Å². The molecule has 0 aliphatic carbocycles. The van der Waals surface area contributed by atoms with Crippen LogP contribution in [0.5, 0.6) is 0 Å². The summed E-state index contributed by atoms with van der Waals surface area (Å²) < 4.78 is 23.9. The molecular weight excluding hydrogens is 294 g/mol. The van der Waals surface area contributed by atoms with Gasteiger partial charge in [-0.25, -0.2) is 8.42 Å². The Morgan fingerprint density at radius 1 is 1.20 bits per heavy atom. The van der Waals surface area contributed by atoms with Crippen LogP contribution in [0.4, 0.5) is 5.69 Å². The lowest BCUT2D eigenvalue weighted by Gasteiger charge is -2.32. The second kappa shape index (κ2) is 6.81. The first-order chi connectivity index (χ1) is 9.56. The summed E-state index contributed by atoms with van der Waals surface area (Å²) in [6, 6.07) is 7.30. The first-order valence-electron chi connectivity index (χ1n) is 7.20. The number of halogens is 1. The van der Waals surface area contributed by atoms with Crippen LogP contribution < -0.4 is 4.90 Å². The third kappa shape index (κ3) is 3.67. The SMILES string of the molecule is CCCS(=O)(=O)c1ccc(N2CCC(CCl)CC2)cc1. The number of rotatable bonds is 5. The van der Waals surface area contributed by atoms with Crippen molar-refractivity contribution in [3.05, 3.63) is 24.3 Å². The Kier molecular flexibility index (Phi) is 5.33. The van der Waals surface area contributed by atoms with Gasteiger partial charge in [0.2, 0.25) is 0 Å². The lowest BCUT2D eigenvalue weighted by molar-refractivity contribution is 0.443. The molecule has 0 radical (unpaired) electrons. The maximum atomic E-state index is 12.0. The number of alkyl halides is 1. The van der Waals surface area contributed by atoms with E-state index in [4.69, 9.17) is 11.6 Å². The monoisotopic (exact) mass is 315 g/mol. The number of nitrogens with zero attached hydrogens (tertiary/aromatic N) is 1. The number of hydrogen-bond donors (Lipinski definition) is 0. The molecule has 5 heteroatoms. The number of hydrogen-bond acceptors (Lipinski definition) is 3. The molecule has 0 spiro atoms. The molecule has 0 bridgehead atoms. The van der Waals surface area contributed by atoms with E-state index in [-0.39, 0.29) is 5.75 Å². The maximum Gasteiger partial charge on any atom is 0.178 e. The molecular formula is C15H22ClNO2S. The van der Waals surface area contributed by atoms with Gasteiger partial charge in [-0.1, -0.05) is 6.92 Å². The minimum absolute atomic E-state index is 0.216. The molecule has 1 aliphatic rings. The average Bonchev–Trinajstić information content (AvgIpc) is 2.47. The van der Waals surface area contributed by atoms with Crippen molar-refractivity contribution in [1.82, 2.24) is 0 Å². The molecule has 0 aromatic heterocycles. The summed E-state index contributed by atoms with van der Waals surface area (Å²) in [6.07, 6.45) is 2.87. The Hall–Kier alpha value is -0.740. The molecule has 0 saturated carbocycles. The zero-order chi connectivity index (χ0) is 14.6. The van der Waals surface area contributed by atoms with Crippen molar-refractivity contribution >= 4 is 27.1 Å². The van der Waals surface area contributed by atoms with Gasteiger partial charge in [-0.2, -0.15) is 0 Å². The lowest BCUT2D eigenvalue weighted by atomic mass is 9.98. The van der Waals surface area contributed by atoms with Crippen LogP contribution in [-0.4, -0.2) is 33.1 Å². The summed E-state index contributed by atoms with van der Waals surface area (Å²) in [7, 11) is -3.11. The van der Waals surface area contributed by atoms with E-state index < -0.39 is 9.84 Å².